The van der Waals surface area contributed by atoms with Gasteiger partial charge < -0.3 is 9.64 Å². The Morgan fingerprint density at radius 2 is 1.85 bits per heavy atom. The minimum absolute atomic E-state index is 0.284. The zero-order valence-electron chi connectivity index (χ0n) is 16.0. The summed E-state index contributed by atoms with van der Waals surface area (Å²) in [5.74, 6) is 0.825. The van der Waals surface area contributed by atoms with Gasteiger partial charge in [-0.15, -0.1) is 0 Å². The Hall–Kier alpha value is -2.62. The maximum atomic E-state index is 12.5. The normalized spacial score (nSPS) is 15.5. The maximum absolute atomic E-state index is 12.5. The van der Waals surface area contributed by atoms with E-state index in [2.05, 4.69) is 11.9 Å². The van der Waals surface area contributed by atoms with Crippen LogP contribution in [0.15, 0.2) is 41.4 Å². The second kappa shape index (κ2) is 7.73. The first-order valence-corrected chi connectivity index (χ1v) is 9.06. The van der Waals surface area contributed by atoms with E-state index in [-0.39, 0.29) is 12.6 Å². The highest BCUT2D eigenvalue weighted by Gasteiger charge is 2.17. The standard InChI is InChI=1S/C22H26N2O2/c1-15-7-9-18(10-8-15)14-26-22(25)19-12-17(3)20(13-16(19)2)23-21-6-5-11-24(21)4/h7-10,12-13H,5-6,11,14H2,1-4H3. The fourth-order valence-corrected chi connectivity index (χ4v) is 3.13. The molecule has 136 valence electrons. The average Bonchev–Trinajstić information content (AvgIpc) is 3.02. The number of likely N-dealkylation sites (tertiary alicyclic amines) is 1. The van der Waals surface area contributed by atoms with E-state index in [1.807, 2.05) is 57.2 Å². The summed E-state index contributed by atoms with van der Waals surface area (Å²) in [5.41, 5.74) is 5.61. The van der Waals surface area contributed by atoms with Gasteiger partial charge in [-0.1, -0.05) is 29.8 Å². The van der Waals surface area contributed by atoms with Crippen molar-refractivity contribution in [2.24, 2.45) is 4.99 Å². The number of carbonyl (C=O) groups excluding carboxylic acids is 1. The molecule has 1 aliphatic rings. The lowest BCUT2D eigenvalue weighted by Gasteiger charge is -2.13. The Balaban J connectivity index is 1.74. The highest BCUT2D eigenvalue weighted by atomic mass is 16.5. The molecule has 0 amide bonds. The van der Waals surface area contributed by atoms with Crippen LogP contribution in [-0.4, -0.2) is 30.3 Å². The zero-order chi connectivity index (χ0) is 18.7. The Bertz CT molecular complexity index is 838. The minimum atomic E-state index is -0.289. The first-order chi connectivity index (χ1) is 12.4. The summed E-state index contributed by atoms with van der Waals surface area (Å²) < 4.78 is 5.50. The van der Waals surface area contributed by atoms with Gasteiger partial charge in [0, 0.05) is 20.0 Å². The molecule has 0 aromatic heterocycles. The number of rotatable bonds is 4. The summed E-state index contributed by atoms with van der Waals surface area (Å²) in [7, 11) is 2.07. The van der Waals surface area contributed by atoms with Crippen molar-refractivity contribution in [1.82, 2.24) is 4.90 Å². The molecule has 1 fully saturated rings. The molecule has 26 heavy (non-hydrogen) atoms. The van der Waals surface area contributed by atoms with E-state index < -0.39 is 0 Å². The molecule has 4 heteroatoms. The molecule has 0 spiro atoms. The predicted molar refractivity (Wildman–Crippen MR) is 105 cm³/mol. The minimum Gasteiger partial charge on any atom is -0.457 e. The van der Waals surface area contributed by atoms with Gasteiger partial charge in [0.05, 0.1) is 11.3 Å². The average molecular weight is 350 g/mol. The monoisotopic (exact) mass is 350 g/mol. The van der Waals surface area contributed by atoms with Crippen LogP contribution in [0.4, 0.5) is 5.69 Å². The molecular weight excluding hydrogens is 324 g/mol. The lowest BCUT2D eigenvalue weighted by Crippen LogP contribution is -2.18. The number of hydrogen-bond acceptors (Lipinski definition) is 3. The Morgan fingerprint density at radius 3 is 2.50 bits per heavy atom. The van der Waals surface area contributed by atoms with Crippen LogP contribution in [0.5, 0.6) is 0 Å². The zero-order valence-corrected chi connectivity index (χ0v) is 16.0. The second-order valence-electron chi connectivity index (χ2n) is 7.07. The van der Waals surface area contributed by atoms with Gasteiger partial charge in [0.2, 0.25) is 0 Å². The van der Waals surface area contributed by atoms with Crippen LogP contribution in [0.1, 0.15) is 45.5 Å². The van der Waals surface area contributed by atoms with Crippen molar-refractivity contribution in [1.29, 1.82) is 0 Å². The van der Waals surface area contributed by atoms with Crippen molar-refractivity contribution in [3.05, 3.63) is 64.2 Å². The molecule has 0 saturated carbocycles. The summed E-state index contributed by atoms with van der Waals surface area (Å²) in [4.78, 5) is 19.5. The molecule has 1 saturated heterocycles. The SMILES string of the molecule is Cc1ccc(COC(=O)c2cc(C)c(N=C3CCCN3C)cc2C)cc1. The number of ether oxygens (including phenoxy) is 1. The number of benzene rings is 2. The molecular formula is C22H26N2O2. The molecule has 2 aromatic carbocycles. The summed E-state index contributed by atoms with van der Waals surface area (Å²) in [5, 5.41) is 0. The molecule has 0 atom stereocenters. The topological polar surface area (TPSA) is 41.9 Å². The largest absolute Gasteiger partial charge is 0.457 e. The van der Waals surface area contributed by atoms with Crippen molar-refractivity contribution in [3.8, 4) is 0 Å². The van der Waals surface area contributed by atoms with E-state index >= 15 is 0 Å². The van der Waals surface area contributed by atoms with Gasteiger partial charge in [-0.25, -0.2) is 9.79 Å². The predicted octanol–water partition coefficient (Wildman–Crippen LogP) is 4.72. The smallest absolute Gasteiger partial charge is 0.338 e. The third-order valence-electron chi connectivity index (χ3n) is 4.84. The molecule has 0 aliphatic carbocycles. The molecule has 4 nitrogen and oxygen atoms in total. The van der Waals surface area contributed by atoms with Gasteiger partial charge in [-0.05, 0) is 56.0 Å². The van der Waals surface area contributed by atoms with Crippen LogP contribution in [0.25, 0.3) is 0 Å². The van der Waals surface area contributed by atoms with Gasteiger partial charge in [-0.2, -0.15) is 0 Å². The number of carbonyl (C=O) groups is 1. The number of aliphatic imine (C=N–C) groups is 1. The van der Waals surface area contributed by atoms with Crippen LogP contribution in [0, 0.1) is 20.8 Å². The van der Waals surface area contributed by atoms with Crippen LogP contribution >= 0.6 is 0 Å². The summed E-state index contributed by atoms with van der Waals surface area (Å²) >= 11 is 0. The quantitative estimate of drug-likeness (QED) is 0.749. The van der Waals surface area contributed by atoms with Crippen LogP contribution in [0.2, 0.25) is 0 Å². The van der Waals surface area contributed by atoms with E-state index in [9.17, 15) is 4.79 Å². The Labute approximate surface area is 155 Å². The third-order valence-corrected chi connectivity index (χ3v) is 4.84. The van der Waals surface area contributed by atoms with Gasteiger partial charge in [0.15, 0.2) is 0 Å². The van der Waals surface area contributed by atoms with Crippen molar-refractivity contribution in [2.45, 2.75) is 40.2 Å². The van der Waals surface area contributed by atoms with E-state index in [4.69, 9.17) is 9.73 Å². The highest BCUT2D eigenvalue weighted by Crippen LogP contribution is 2.26. The molecule has 0 bridgehead atoms. The van der Waals surface area contributed by atoms with Crippen molar-refractivity contribution >= 4 is 17.5 Å². The summed E-state index contributed by atoms with van der Waals surface area (Å²) in [6, 6.07) is 11.9. The van der Waals surface area contributed by atoms with E-state index in [1.54, 1.807) is 0 Å². The van der Waals surface area contributed by atoms with Crippen LogP contribution in [-0.2, 0) is 11.3 Å². The first-order valence-electron chi connectivity index (χ1n) is 9.06. The van der Waals surface area contributed by atoms with Crippen molar-refractivity contribution in [2.75, 3.05) is 13.6 Å². The fraction of sp³-hybridized carbons (Fsp3) is 0.364. The molecule has 0 radical (unpaired) electrons. The molecule has 2 aromatic rings. The van der Waals surface area contributed by atoms with Crippen LogP contribution < -0.4 is 0 Å². The van der Waals surface area contributed by atoms with Crippen LogP contribution in [0.3, 0.4) is 0 Å². The Kier molecular flexibility index (Phi) is 5.40. The van der Waals surface area contributed by atoms with Gasteiger partial charge in [0.1, 0.15) is 12.4 Å². The number of hydrogen-bond donors (Lipinski definition) is 0. The molecule has 0 N–H and O–H groups in total. The van der Waals surface area contributed by atoms with E-state index in [0.717, 1.165) is 47.6 Å². The van der Waals surface area contributed by atoms with E-state index in [0.29, 0.717) is 5.56 Å². The van der Waals surface area contributed by atoms with Gasteiger partial charge >= 0.3 is 5.97 Å². The maximum Gasteiger partial charge on any atom is 0.338 e. The number of esters is 1. The highest BCUT2D eigenvalue weighted by molar-refractivity contribution is 5.92. The fourth-order valence-electron chi connectivity index (χ4n) is 3.13. The van der Waals surface area contributed by atoms with Gasteiger partial charge in [0.25, 0.3) is 0 Å². The van der Waals surface area contributed by atoms with Crippen molar-refractivity contribution < 1.29 is 9.53 Å². The first kappa shape index (κ1) is 18.2. The molecule has 3 rings (SSSR count). The second-order valence-corrected chi connectivity index (χ2v) is 7.07. The lowest BCUT2D eigenvalue weighted by molar-refractivity contribution is 0.0472. The third kappa shape index (κ3) is 4.13. The summed E-state index contributed by atoms with van der Waals surface area (Å²) in [6.45, 7) is 7.30. The molecule has 1 aliphatic heterocycles. The van der Waals surface area contributed by atoms with E-state index in [1.165, 1.54) is 5.56 Å². The number of aryl methyl sites for hydroxylation is 3. The number of nitrogens with zero attached hydrogens (tertiary/aromatic N) is 2. The van der Waals surface area contributed by atoms with Crippen molar-refractivity contribution in [3.63, 3.8) is 0 Å². The lowest BCUT2D eigenvalue weighted by atomic mass is 10.0. The Morgan fingerprint density at radius 1 is 1.12 bits per heavy atom. The van der Waals surface area contributed by atoms with Gasteiger partial charge in [-0.3, -0.25) is 0 Å². The summed E-state index contributed by atoms with van der Waals surface area (Å²) in [6.07, 6.45) is 2.16. The molecule has 1 heterocycles. The molecule has 0 unspecified atom stereocenters. The number of amidine groups is 1.